The van der Waals surface area contributed by atoms with E-state index in [1.807, 2.05) is 12.1 Å². The highest BCUT2D eigenvalue weighted by molar-refractivity contribution is 7.99. The highest BCUT2D eigenvalue weighted by Crippen LogP contribution is 2.30. The van der Waals surface area contributed by atoms with E-state index in [2.05, 4.69) is 0 Å². The molecule has 1 rings (SSSR count). The van der Waals surface area contributed by atoms with Crippen LogP contribution in [0.15, 0.2) is 23.1 Å². The molecule has 0 radical (unpaired) electrons. The fourth-order valence-corrected chi connectivity index (χ4v) is 2.47. The van der Waals surface area contributed by atoms with E-state index in [-0.39, 0.29) is 6.61 Å². The van der Waals surface area contributed by atoms with Gasteiger partial charge in [-0.25, -0.2) is 0 Å². The first-order valence-corrected chi connectivity index (χ1v) is 5.94. The minimum atomic E-state index is -0.725. The SMILES string of the molecule is NCc1cccc(Cl)c1SCC(O)CO. The van der Waals surface area contributed by atoms with E-state index in [1.54, 1.807) is 6.07 Å². The summed E-state index contributed by atoms with van der Waals surface area (Å²) in [7, 11) is 0. The van der Waals surface area contributed by atoms with Crippen LogP contribution in [-0.4, -0.2) is 28.7 Å². The van der Waals surface area contributed by atoms with Crippen molar-refractivity contribution in [1.82, 2.24) is 0 Å². The summed E-state index contributed by atoms with van der Waals surface area (Å²) < 4.78 is 0. The molecule has 0 aliphatic carbocycles. The van der Waals surface area contributed by atoms with Crippen LogP contribution in [0.1, 0.15) is 5.56 Å². The van der Waals surface area contributed by atoms with Crippen molar-refractivity contribution in [3.8, 4) is 0 Å². The first kappa shape index (κ1) is 12.8. The van der Waals surface area contributed by atoms with Crippen molar-refractivity contribution in [2.75, 3.05) is 12.4 Å². The second-order valence-electron chi connectivity index (χ2n) is 3.08. The molecule has 1 aromatic carbocycles. The average molecular weight is 248 g/mol. The highest BCUT2D eigenvalue weighted by atomic mass is 35.5. The van der Waals surface area contributed by atoms with Crippen LogP contribution in [0.3, 0.4) is 0 Å². The van der Waals surface area contributed by atoms with Gasteiger partial charge in [0, 0.05) is 17.2 Å². The maximum atomic E-state index is 9.23. The van der Waals surface area contributed by atoms with Gasteiger partial charge in [0.05, 0.1) is 17.7 Å². The minimum absolute atomic E-state index is 0.241. The third-order valence-electron chi connectivity index (χ3n) is 1.90. The van der Waals surface area contributed by atoms with Crippen molar-refractivity contribution in [1.29, 1.82) is 0 Å². The van der Waals surface area contributed by atoms with Gasteiger partial charge in [0.25, 0.3) is 0 Å². The van der Waals surface area contributed by atoms with Crippen LogP contribution < -0.4 is 5.73 Å². The number of aliphatic hydroxyl groups excluding tert-OH is 2. The van der Waals surface area contributed by atoms with Gasteiger partial charge in [-0.3, -0.25) is 0 Å². The summed E-state index contributed by atoms with van der Waals surface area (Å²) in [5, 5.41) is 18.5. The minimum Gasteiger partial charge on any atom is -0.394 e. The van der Waals surface area contributed by atoms with Crippen LogP contribution in [0.4, 0.5) is 0 Å². The molecule has 3 nitrogen and oxygen atoms in total. The molecule has 1 aromatic rings. The first-order chi connectivity index (χ1) is 7.19. The fraction of sp³-hybridized carbons (Fsp3) is 0.400. The van der Waals surface area contributed by atoms with Gasteiger partial charge in [0.2, 0.25) is 0 Å². The van der Waals surface area contributed by atoms with Crippen LogP contribution in [0, 0.1) is 0 Å². The molecule has 0 fully saturated rings. The summed E-state index contributed by atoms with van der Waals surface area (Å²) in [5.74, 6) is 0.410. The maximum absolute atomic E-state index is 9.23. The molecule has 0 aromatic heterocycles. The van der Waals surface area contributed by atoms with Gasteiger partial charge in [-0.1, -0.05) is 23.7 Å². The molecule has 1 atom stereocenters. The van der Waals surface area contributed by atoms with Crippen molar-refractivity contribution < 1.29 is 10.2 Å². The van der Waals surface area contributed by atoms with Gasteiger partial charge >= 0.3 is 0 Å². The molecule has 0 heterocycles. The summed E-state index contributed by atoms with van der Waals surface area (Å²) in [6.45, 7) is 0.174. The zero-order valence-electron chi connectivity index (χ0n) is 8.19. The Balaban J connectivity index is 2.74. The molecule has 0 saturated carbocycles. The standard InChI is InChI=1S/C10H14ClNO2S/c11-9-3-1-2-7(4-12)10(9)15-6-8(14)5-13/h1-3,8,13-14H,4-6,12H2. The topological polar surface area (TPSA) is 66.5 Å². The van der Waals surface area contributed by atoms with Gasteiger partial charge in [0.1, 0.15) is 0 Å². The molecular formula is C10H14ClNO2S. The largest absolute Gasteiger partial charge is 0.394 e. The molecule has 0 spiro atoms. The normalized spacial score (nSPS) is 12.8. The van der Waals surface area contributed by atoms with Crippen molar-refractivity contribution in [3.63, 3.8) is 0 Å². The summed E-state index contributed by atoms with van der Waals surface area (Å²) >= 11 is 7.42. The molecule has 84 valence electrons. The lowest BCUT2D eigenvalue weighted by molar-refractivity contribution is 0.113. The lowest BCUT2D eigenvalue weighted by Crippen LogP contribution is -2.14. The quantitative estimate of drug-likeness (QED) is 0.685. The van der Waals surface area contributed by atoms with Crippen LogP contribution in [0.25, 0.3) is 0 Å². The van der Waals surface area contributed by atoms with Crippen molar-refractivity contribution in [2.24, 2.45) is 5.73 Å². The van der Waals surface area contributed by atoms with Crippen molar-refractivity contribution in [2.45, 2.75) is 17.5 Å². The number of nitrogens with two attached hydrogens (primary N) is 1. The third kappa shape index (κ3) is 3.66. The van der Waals surface area contributed by atoms with E-state index in [4.69, 9.17) is 22.4 Å². The summed E-state index contributed by atoms with van der Waals surface area (Å²) in [6.07, 6.45) is -0.725. The number of benzene rings is 1. The molecule has 0 amide bonds. The number of rotatable bonds is 5. The lowest BCUT2D eigenvalue weighted by Gasteiger charge is -2.11. The third-order valence-corrected chi connectivity index (χ3v) is 3.65. The smallest absolute Gasteiger partial charge is 0.0864 e. The first-order valence-electron chi connectivity index (χ1n) is 4.58. The van der Waals surface area contributed by atoms with E-state index < -0.39 is 6.10 Å². The van der Waals surface area contributed by atoms with Crippen LogP contribution >= 0.6 is 23.4 Å². The number of hydrogen-bond donors (Lipinski definition) is 3. The van der Waals surface area contributed by atoms with Crippen LogP contribution in [0.5, 0.6) is 0 Å². The number of thioether (sulfide) groups is 1. The molecule has 4 N–H and O–H groups in total. The molecular weight excluding hydrogens is 234 g/mol. The van der Waals surface area contributed by atoms with Crippen LogP contribution in [0.2, 0.25) is 5.02 Å². The maximum Gasteiger partial charge on any atom is 0.0864 e. The van der Waals surface area contributed by atoms with E-state index in [0.29, 0.717) is 17.3 Å². The molecule has 0 bridgehead atoms. The van der Waals surface area contributed by atoms with Gasteiger partial charge in [-0.15, -0.1) is 11.8 Å². The molecule has 1 unspecified atom stereocenters. The summed E-state index contributed by atoms with van der Waals surface area (Å²) in [5.41, 5.74) is 6.53. The van der Waals surface area contributed by atoms with Gasteiger partial charge < -0.3 is 15.9 Å². The van der Waals surface area contributed by atoms with E-state index >= 15 is 0 Å². The second-order valence-corrected chi connectivity index (χ2v) is 4.52. The Bertz CT molecular complexity index is 322. The predicted octanol–water partition coefficient (Wildman–Crippen LogP) is 1.24. The molecule has 0 saturated heterocycles. The Morgan fingerprint density at radius 2 is 2.20 bits per heavy atom. The zero-order valence-corrected chi connectivity index (χ0v) is 9.76. The summed E-state index contributed by atoms with van der Waals surface area (Å²) in [6, 6.07) is 5.53. The van der Waals surface area contributed by atoms with Gasteiger partial charge in [0.15, 0.2) is 0 Å². The Morgan fingerprint density at radius 3 is 2.80 bits per heavy atom. The molecule has 5 heteroatoms. The fourth-order valence-electron chi connectivity index (χ4n) is 1.11. The highest BCUT2D eigenvalue weighted by Gasteiger charge is 2.09. The predicted molar refractivity (Wildman–Crippen MR) is 63.2 cm³/mol. The zero-order chi connectivity index (χ0) is 11.3. The number of aliphatic hydroxyl groups is 2. The number of halogens is 1. The average Bonchev–Trinajstić information content (AvgIpc) is 2.26. The molecule has 0 aliphatic heterocycles. The monoisotopic (exact) mass is 247 g/mol. The van der Waals surface area contributed by atoms with Gasteiger partial charge in [-0.05, 0) is 11.6 Å². The van der Waals surface area contributed by atoms with Crippen LogP contribution in [-0.2, 0) is 6.54 Å². The lowest BCUT2D eigenvalue weighted by atomic mass is 10.2. The Kier molecular flexibility index (Phi) is 5.42. The molecule has 0 aliphatic rings. The Morgan fingerprint density at radius 1 is 1.47 bits per heavy atom. The molecule has 15 heavy (non-hydrogen) atoms. The van der Waals surface area contributed by atoms with Crippen molar-refractivity contribution in [3.05, 3.63) is 28.8 Å². The van der Waals surface area contributed by atoms with Gasteiger partial charge in [-0.2, -0.15) is 0 Å². The van der Waals surface area contributed by atoms with E-state index in [9.17, 15) is 5.11 Å². The second kappa shape index (κ2) is 6.35. The Hall–Kier alpha value is -0.260. The summed E-state index contributed by atoms with van der Waals surface area (Å²) in [4.78, 5) is 0.883. The number of hydrogen-bond acceptors (Lipinski definition) is 4. The van der Waals surface area contributed by atoms with E-state index in [1.165, 1.54) is 11.8 Å². The van der Waals surface area contributed by atoms with Crippen molar-refractivity contribution >= 4 is 23.4 Å². The van der Waals surface area contributed by atoms with E-state index in [0.717, 1.165) is 10.5 Å². The Labute approximate surface area is 98.2 Å².